The number of fused-ring (bicyclic) bond motifs is 1. The first-order valence-electron chi connectivity index (χ1n) is 9.97. The van der Waals surface area contributed by atoms with E-state index in [0.717, 1.165) is 16.9 Å². The fourth-order valence-corrected chi connectivity index (χ4v) is 6.03. The highest BCUT2D eigenvalue weighted by Gasteiger charge is 2.36. The van der Waals surface area contributed by atoms with Gasteiger partial charge in [0.15, 0.2) is 10.8 Å². The molecule has 1 amide bonds. The Morgan fingerprint density at radius 3 is 2.78 bits per heavy atom. The van der Waals surface area contributed by atoms with E-state index >= 15 is 0 Å². The minimum atomic E-state index is -3.86. The van der Waals surface area contributed by atoms with E-state index in [-0.39, 0.29) is 33.9 Å². The Morgan fingerprint density at radius 2 is 2.00 bits per heavy atom. The van der Waals surface area contributed by atoms with Crippen LogP contribution in [-0.2, 0) is 21.2 Å². The van der Waals surface area contributed by atoms with Gasteiger partial charge in [0.1, 0.15) is 0 Å². The van der Waals surface area contributed by atoms with Gasteiger partial charge in [0.05, 0.1) is 17.2 Å². The molecule has 2 aromatic carbocycles. The van der Waals surface area contributed by atoms with Crippen LogP contribution in [0.5, 0.6) is 0 Å². The molecular weight excluding hydrogens is 450 g/mol. The Bertz CT molecular complexity index is 1290. The van der Waals surface area contributed by atoms with Crippen molar-refractivity contribution in [3.05, 3.63) is 70.7 Å². The fourth-order valence-electron chi connectivity index (χ4n) is 3.61. The van der Waals surface area contributed by atoms with Gasteiger partial charge in [-0.05, 0) is 50.1 Å². The molecule has 0 fully saturated rings. The number of thiazole rings is 1. The van der Waals surface area contributed by atoms with Crippen LogP contribution in [0.15, 0.2) is 58.8 Å². The van der Waals surface area contributed by atoms with Crippen LogP contribution in [-0.4, -0.2) is 37.9 Å². The van der Waals surface area contributed by atoms with Crippen LogP contribution in [0.25, 0.3) is 0 Å². The lowest BCUT2D eigenvalue weighted by Crippen LogP contribution is -2.35. The van der Waals surface area contributed by atoms with Gasteiger partial charge in [0.2, 0.25) is 0 Å². The molecule has 2 heterocycles. The lowest BCUT2D eigenvalue weighted by Gasteiger charge is -2.24. The number of benzene rings is 2. The zero-order valence-electron chi connectivity index (χ0n) is 17.4. The molecule has 0 radical (unpaired) electrons. The first-order chi connectivity index (χ1) is 15.3. The van der Waals surface area contributed by atoms with Gasteiger partial charge in [-0.3, -0.25) is 14.4 Å². The van der Waals surface area contributed by atoms with E-state index in [2.05, 4.69) is 10.3 Å². The first-order valence-corrected chi connectivity index (χ1v) is 12.3. The number of anilines is 2. The number of hydrogen-bond donors (Lipinski definition) is 1. The Balaban J connectivity index is 1.57. The van der Waals surface area contributed by atoms with Crippen molar-refractivity contribution < 1.29 is 22.7 Å². The predicted octanol–water partition coefficient (Wildman–Crippen LogP) is 3.71. The summed E-state index contributed by atoms with van der Waals surface area (Å²) in [4.78, 5) is 28.5. The molecule has 10 heteroatoms. The van der Waals surface area contributed by atoms with Crippen molar-refractivity contribution in [2.75, 3.05) is 16.2 Å². The minimum Gasteiger partial charge on any atom is -0.461 e. The molecule has 1 aliphatic heterocycles. The molecule has 0 spiro atoms. The van der Waals surface area contributed by atoms with E-state index < -0.39 is 21.9 Å². The number of para-hydroxylation sites is 1. The third-order valence-electron chi connectivity index (χ3n) is 5.01. The number of hydrogen-bond acceptors (Lipinski definition) is 7. The molecule has 1 atom stereocenters. The summed E-state index contributed by atoms with van der Waals surface area (Å²) in [5, 5.41) is 4.30. The number of ether oxygens (including phenoxy) is 1. The van der Waals surface area contributed by atoms with E-state index in [0.29, 0.717) is 12.1 Å². The van der Waals surface area contributed by atoms with Gasteiger partial charge < -0.3 is 4.74 Å². The van der Waals surface area contributed by atoms with Gasteiger partial charge in [-0.15, -0.1) is 11.3 Å². The van der Waals surface area contributed by atoms with Crippen molar-refractivity contribution in [3.63, 3.8) is 0 Å². The molecule has 8 nitrogen and oxygen atoms in total. The van der Waals surface area contributed by atoms with Crippen LogP contribution in [0.3, 0.4) is 0 Å². The molecule has 3 aromatic rings. The smallest absolute Gasteiger partial charge is 0.357 e. The van der Waals surface area contributed by atoms with E-state index in [9.17, 15) is 18.0 Å². The monoisotopic (exact) mass is 471 g/mol. The topological polar surface area (TPSA) is 106 Å². The quantitative estimate of drug-likeness (QED) is 0.550. The van der Waals surface area contributed by atoms with E-state index in [1.165, 1.54) is 34.0 Å². The summed E-state index contributed by atoms with van der Waals surface area (Å²) in [7, 11) is -3.86. The van der Waals surface area contributed by atoms with Crippen molar-refractivity contribution in [2.45, 2.75) is 31.2 Å². The summed E-state index contributed by atoms with van der Waals surface area (Å²) in [6.45, 7) is 3.77. The SMILES string of the molecule is CCOC(=O)c1csc(NC(=O)c2cccc(S(=O)(=O)N3c4ccccc4CC3C)c2)n1. The highest BCUT2D eigenvalue weighted by atomic mass is 32.2. The molecule has 1 aromatic heterocycles. The maximum Gasteiger partial charge on any atom is 0.357 e. The van der Waals surface area contributed by atoms with Crippen LogP contribution < -0.4 is 9.62 Å². The number of nitrogens with one attached hydrogen (secondary N) is 1. The number of rotatable bonds is 6. The molecule has 1 N–H and O–H groups in total. The van der Waals surface area contributed by atoms with Crippen molar-refractivity contribution in [3.8, 4) is 0 Å². The zero-order chi connectivity index (χ0) is 22.9. The Labute approximate surface area is 189 Å². The molecular formula is C22H21N3O5S2. The molecule has 4 rings (SSSR count). The second-order valence-corrected chi connectivity index (χ2v) is 9.90. The van der Waals surface area contributed by atoms with Crippen molar-refractivity contribution in [1.82, 2.24) is 4.98 Å². The summed E-state index contributed by atoms with van der Waals surface area (Å²) in [5.41, 5.74) is 1.90. The highest BCUT2D eigenvalue weighted by Crippen LogP contribution is 2.36. The Hall–Kier alpha value is -3.24. The van der Waals surface area contributed by atoms with Crippen LogP contribution in [0.2, 0.25) is 0 Å². The second kappa shape index (κ2) is 8.71. The lowest BCUT2D eigenvalue weighted by molar-refractivity contribution is 0.0520. The molecule has 0 saturated carbocycles. The Morgan fingerprint density at radius 1 is 1.22 bits per heavy atom. The molecule has 1 aliphatic rings. The largest absolute Gasteiger partial charge is 0.461 e. The Kier molecular flexibility index (Phi) is 5.98. The number of carbonyl (C=O) groups excluding carboxylic acids is 2. The van der Waals surface area contributed by atoms with Crippen LogP contribution in [0.1, 0.15) is 40.3 Å². The fraction of sp³-hybridized carbons (Fsp3) is 0.227. The van der Waals surface area contributed by atoms with Gasteiger partial charge in [0.25, 0.3) is 15.9 Å². The van der Waals surface area contributed by atoms with E-state index in [1.54, 1.807) is 13.0 Å². The van der Waals surface area contributed by atoms with Gasteiger partial charge in [-0.1, -0.05) is 24.3 Å². The van der Waals surface area contributed by atoms with Crippen molar-refractivity contribution >= 4 is 44.1 Å². The number of carbonyl (C=O) groups is 2. The van der Waals surface area contributed by atoms with Gasteiger partial charge >= 0.3 is 5.97 Å². The summed E-state index contributed by atoms with van der Waals surface area (Å²) < 4.78 is 33.1. The summed E-state index contributed by atoms with van der Waals surface area (Å²) in [5.74, 6) is -1.10. The van der Waals surface area contributed by atoms with Crippen molar-refractivity contribution in [2.24, 2.45) is 0 Å². The van der Waals surface area contributed by atoms with Crippen molar-refractivity contribution in [1.29, 1.82) is 0 Å². The maximum atomic E-state index is 13.4. The van der Waals surface area contributed by atoms with Crippen LogP contribution in [0, 0.1) is 0 Å². The molecule has 1 unspecified atom stereocenters. The number of sulfonamides is 1. The molecule has 32 heavy (non-hydrogen) atoms. The van der Waals surface area contributed by atoms with Crippen LogP contribution in [0.4, 0.5) is 10.8 Å². The average molecular weight is 472 g/mol. The average Bonchev–Trinajstić information content (AvgIpc) is 3.37. The summed E-state index contributed by atoms with van der Waals surface area (Å²) in [6, 6.07) is 13.0. The van der Waals surface area contributed by atoms with Gasteiger partial charge in [-0.2, -0.15) is 0 Å². The molecule has 0 bridgehead atoms. The normalized spacial score (nSPS) is 15.3. The highest BCUT2D eigenvalue weighted by molar-refractivity contribution is 7.92. The minimum absolute atomic E-state index is 0.0278. The standard InChI is InChI=1S/C22H21N3O5S2/c1-3-30-21(27)18-13-31-22(23-18)24-20(26)16-8-6-9-17(12-16)32(28,29)25-14(2)11-15-7-4-5-10-19(15)25/h4-10,12-14H,3,11H2,1-2H3,(H,23,24,26). The van der Waals surface area contributed by atoms with Gasteiger partial charge in [0, 0.05) is 17.0 Å². The lowest BCUT2D eigenvalue weighted by atomic mass is 10.1. The van der Waals surface area contributed by atoms with E-state index in [1.807, 2.05) is 25.1 Å². The second-order valence-electron chi connectivity index (χ2n) is 7.22. The molecule has 0 aliphatic carbocycles. The number of nitrogens with zero attached hydrogens (tertiary/aromatic N) is 2. The molecule has 0 saturated heterocycles. The zero-order valence-corrected chi connectivity index (χ0v) is 19.1. The van der Waals surface area contributed by atoms with Gasteiger partial charge in [-0.25, -0.2) is 18.2 Å². The van der Waals surface area contributed by atoms with Crippen LogP contribution >= 0.6 is 11.3 Å². The maximum absolute atomic E-state index is 13.4. The third kappa shape index (κ3) is 4.11. The third-order valence-corrected chi connectivity index (χ3v) is 7.69. The predicted molar refractivity (Wildman–Crippen MR) is 122 cm³/mol. The number of esters is 1. The summed E-state index contributed by atoms with van der Waals surface area (Å²) in [6.07, 6.45) is 0.627. The molecule has 166 valence electrons. The number of aromatic nitrogens is 1. The first kappa shape index (κ1) is 22.0. The summed E-state index contributed by atoms with van der Waals surface area (Å²) >= 11 is 1.08. The number of amides is 1. The van der Waals surface area contributed by atoms with E-state index in [4.69, 9.17) is 4.74 Å².